The highest BCUT2D eigenvalue weighted by Gasteiger charge is 2.15. The summed E-state index contributed by atoms with van der Waals surface area (Å²) >= 11 is 0. The van der Waals surface area contributed by atoms with Crippen molar-refractivity contribution in [2.24, 2.45) is 5.92 Å². The summed E-state index contributed by atoms with van der Waals surface area (Å²) in [5, 5.41) is 0. The molecule has 0 aliphatic carbocycles. The highest BCUT2D eigenvalue weighted by Crippen LogP contribution is 2.21. The molecule has 0 aliphatic rings. The Balaban J connectivity index is 2.65. The molecule has 3 N–H and O–H groups in total. The molecular formula is C14H24N2O3S. The fraction of sp³-hybridized carbons (Fsp3) is 0.571. The van der Waals surface area contributed by atoms with Crippen LogP contribution < -0.4 is 10.5 Å². The molecule has 0 atom stereocenters. The Hall–Kier alpha value is -1.11. The van der Waals surface area contributed by atoms with Crippen molar-refractivity contribution in [2.75, 3.05) is 25.5 Å². The van der Waals surface area contributed by atoms with Crippen molar-refractivity contribution in [3.63, 3.8) is 0 Å². The van der Waals surface area contributed by atoms with Crippen molar-refractivity contribution in [1.82, 2.24) is 4.72 Å². The van der Waals surface area contributed by atoms with Crippen LogP contribution in [0.15, 0.2) is 17.0 Å². The van der Waals surface area contributed by atoms with Crippen molar-refractivity contribution in [3.05, 3.63) is 23.3 Å². The minimum absolute atomic E-state index is 0.196. The lowest BCUT2D eigenvalue weighted by atomic mass is 10.1. The van der Waals surface area contributed by atoms with Crippen LogP contribution in [0.3, 0.4) is 0 Å². The first kappa shape index (κ1) is 16.9. The van der Waals surface area contributed by atoms with Gasteiger partial charge in [-0.15, -0.1) is 0 Å². The zero-order valence-corrected chi connectivity index (χ0v) is 13.4. The molecule has 0 unspecified atom stereocenters. The average molecular weight is 300 g/mol. The number of nitrogen functional groups attached to an aromatic ring is 1. The predicted molar refractivity (Wildman–Crippen MR) is 81.2 cm³/mol. The van der Waals surface area contributed by atoms with Gasteiger partial charge in [0.15, 0.2) is 0 Å². The molecule has 1 aromatic carbocycles. The number of nitrogens with two attached hydrogens (primary N) is 1. The van der Waals surface area contributed by atoms with Crippen LogP contribution in [0.25, 0.3) is 0 Å². The number of nitrogens with one attached hydrogen (secondary N) is 1. The van der Waals surface area contributed by atoms with E-state index in [1.54, 1.807) is 6.07 Å². The summed E-state index contributed by atoms with van der Waals surface area (Å²) in [6.45, 7) is 9.03. The molecule has 1 aromatic rings. The Morgan fingerprint density at radius 2 is 1.95 bits per heavy atom. The molecule has 0 saturated heterocycles. The molecule has 0 heterocycles. The van der Waals surface area contributed by atoms with E-state index < -0.39 is 10.0 Å². The number of hydrogen-bond donors (Lipinski definition) is 2. The number of rotatable bonds is 7. The molecule has 1 rings (SSSR count). The third-order valence-electron chi connectivity index (χ3n) is 2.98. The fourth-order valence-electron chi connectivity index (χ4n) is 1.66. The van der Waals surface area contributed by atoms with Gasteiger partial charge in [-0.1, -0.05) is 13.8 Å². The first-order valence-electron chi connectivity index (χ1n) is 6.68. The minimum atomic E-state index is -3.53. The molecule has 0 aliphatic heterocycles. The van der Waals surface area contributed by atoms with Crippen molar-refractivity contribution in [2.45, 2.75) is 32.6 Å². The molecule has 20 heavy (non-hydrogen) atoms. The summed E-state index contributed by atoms with van der Waals surface area (Å²) in [5.41, 5.74) is 8.07. The van der Waals surface area contributed by atoms with Crippen LogP contribution in [0.2, 0.25) is 0 Å². The van der Waals surface area contributed by atoms with E-state index in [0.717, 1.165) is 11.1 Å². The number of anilines is 1. The quantitative estimate of drug-likeness (QED) is 0.594. The average Bonchev–Trinajstić information content (AvgIpc) is 2.34. The van der Waals surface area contributed by atoms with E-state index in [9.17, 15) is 8.42 Å². The van der Waals surface area contributed by atoms with Crippen LogP contribution in [0.5, 0.6) is 0 Å². The summed E-state index contributed by atoms with van der Waals surface area (Å²) in [7, 11) is -3.53. The van der Waals surface area contributed by atoms with Crippen LogP contribution in [-0.2, 0) is 14.8 Å². The molecule has 0 spiro atoms. The Morgan fingerprint density at radius 1 is 1.30 bits per heavy atom. The van der Waals surface area contributed by atoms with E-state index in [4.69, 9.17) is 10.5 Å². The van der Waals surface area contributed by atoms with Gasteiger partial charge in [0.2, 0.25) is 10.0 Å². The second-order valence-electron chi connectivity index (χ2n) is 5.32. The Morgan fingerprint density at radius 3 is 2.50 bits per heavy atom. The minimum Gasteiger partial charge on any atom is -0.398 e. The molecular weight excluding hydrogens is 276 g/mol. The SMILES string of the molecule is Cc1cc(S(=O)(=O)NCCOCC(C)C)cc(N)c1C. The highest BCUT2D eigenvalue weighted by atomic mass is 32.2. The van der Waals surface area contributed by atoms with Gasteiger partial charge in [0.25, 0.3) is 0 Å². The molecule has 0 amide bonds. The lowest BCUT2D eigenvalue weighted by molar-refractivity contribution is 0.114. The lowest BCUT2D eigenvalue weighted by Crippen LogP contribution is -2.28. The molecule has 6 heteroatoms. The van der Waals surface area contributed by atoms with Crippen LogP contribution in [-0.4, -0.2) is 28.2 Å². The number of aryl methyl sites for hydroxylation is 1. The number of ether oxygens (including phenoxy) is 1. The number of hydrogen-bond acceptors (Lipinski definition) is 4. The van der Waals surface area contributed by atoms with Gasteiger partial charge in [0.1, 0.15) is 0 Å². The van der Waals surface area contributed by atoms with Gasteiger partial charge in [-0.2, -0.15) is 0 Å². The molecule has 5 nitrogen and oxygen atoms in total. The topological polar surface area (TPSA) is 81.4 Å². The second-order valence-corrected chi connectivity index (χ2v) is 7.09. The molecule has 114 valence electrons. The molecule has 0 aromatic heterocycles. The zero-order valence-electron chi connectivity index (χ0n) is 12.6. The molecule has 0 fully saturated rings. The lowest BCUT2D eigenvalue weighted by Gasteiger charge is -2.11. The van der Waals surface area contributed by atoms with Crippen LogP contribution >= 0.6 is 0 Å². The Labute approximate surface area is 121 Å². The summed E-state index contributed by atoms with van der Waals surface area (Å²) in [5.74, 6) is 0.436. The van der Waals surface area contributed by atoms with Crippen molar-refractivity contribution in [1.29, 1.82) is 0 Å². The monoisotopic (exact) mass is 300 g/mol. The largest absolute Gasteiger partial charge is 0.398 e. The van der Waals surface area contributed by atoms with E-state index in [1.807, 2.05) is 27.7 Å². The highest BCUT2D eigenvalue weighted by molar-refractivity contribution is 7.89. The Kier molecular flexibility index (Phi) is 5.98. The van der Waals surface area contributed by atoms with Gasteiger partial charge in [-0.05, 0) is 43.0 Å². The number of benzene rings is 1. The van der Waals surface area contributed by atoms with Crippen LogP contribution in [0.4, 0.5) is 5.69 Å². The van der Waals surface area contributed by atoms with Gasteiger partial charge in [-0.3, -0.25) is 0 Å². The summed E-state index contributed by atoms with van der Waals surface area (Å²) in [4.78, 5) is 0.196. The summed E-state index contributed by atoms with van der Waals surface area (Å²) < 4.78 is 32.1. The van der Waals surface area contributed by atoms with Gasteiger partial charge in [0.05, 0.1) is 11.5 Å². The van der Waals surface area contributed by atoms with Crippen molar-refractivity contribution < 1.29 is 13.2 Å². The zero-order chi connectivity index (χ0) is 15.3. The van der Waals surface area contributed by atoms with Gasteiger partial charge in [-0.25, -0.2) is 13.1 Å². The smallest absolute Gasteiger partial charge is 0.240 e. The van der Waals surface area contributed by atoms with Crippen LogP contribution in [0, 0.1) is 19.8 Å². The third kappa shape index (κ3) is 4.77. The van der Waals surface area contributed by atoms with E-state index in [2.05, 4.69) is 4.72 Å². The van der Waals surface area contributed by atoms with E-state index >= 15 is 0 Å². The summed E-state index contributed by atoms with van der Waals surface area (Å²) in [6.07, 6.45) is 0. The first-order chi connectivity index (χ1) is 9.24. The van der Waals surface area contributed by atoms with Crippen molar-refractivity contribution in [3.8, 4) is 0 Å². The van der Waals surface area contributed by atoms with E-state index in [1.165, 1.54) is 6.07 Å². The third-order valence-corrected chi connectivity index (χ3v) is 4.42. The van der Waals surface area contributed by atoms with Crippen LogP contribution in [0.1, 0.15) is 25.0 Å². The van der Waals surface area contributed by atoms with Crippen molar-refractivity contribution >= 4 is 15.7 Å². The van der Waals surface area contributed by atoms with Gasteiger partial charge >= 0.3 is 0 Å². The van der Waals surface area contributed by atoms with E-state index in [0.29, 0.717) is 24.8 Å². The van der Waals surface area contributed by atoms with E-state index in [-0.39, 0.29) is 11.4 Å². The van der Waals surface area contributed by atoms with Gasteiger partial charge < -0.3 is 10.5 Å². The normalized spacial score (nSPS) is 12.1. The maximum absolute atomic E-state index is 12.1. The second kappa shape index (κ2) is 7.06. The standard InChI is InChI=1S/C14H24N2O3S/c1-10(2)9-19-6-5-16-20(17,18)13-7-11(3)12(4)14(15)8-13/h7-8,10,16H,5-6,9,15H2,1-4H3. The fourth-order valence-corrected chi connectivity index (χ4v) is 2.79. The maximum Gasteiger partial charge on any atom is 0.240 e. The Bertz CT molecular complexity index is 531. The molecule has 0 saturated carbocycles. The maximum atomic E-state index is 12.1. The molecule has 0 radical (unpaired) electrons. The van der Waals surface area contributed by atoms with Gasteiger partial charge in [0, 0.05) is 18.8 Å². The number of sulfonamides is 1. The first-order valence-corrected chi connectivity index (χ1v) is 8.16. The molecule has 0 bridgehead atoms. The summed E-state index contributed by atoms with van der Waals surface area (Å²) in [6, 6.07) is 3.11. The predicted octanol–water partition coefficient (Wildman–Crippen LogP) is 1.84.